The zero-order valence-electron chi connectivity index (χ0n) is 11.1. The van der Waals surface area contributed by atoms with Crippen LogP contribution in [-0.4, -0.2) is 21.4 Å². The molecule has 0 unspecified atom stereocenters. The fourth-order valence-corrected chi connectivity index (χ4v) is 1.98. The second-order valence-electron chi connectivity index (χ2n) is 4.31. The molecule has 0 spiro atoms. The van der Waals surface area contributed by atoms with E-state index in [1.807, 2.05) is 6.07 Å². The van der Waals surface area contributed by atoms with Crippen LogP contribution in [0.4, 0.5) is 21.7 Å². The molecule has 0 aliphatic heterocycles. The molecule has 7 heteroatoms. The summed E-state index contributed by atoms with van der Waals surface area (Å²) in [5.74, 6) is 0.665. The Kier molecular flexibility index (Phi) is 3.12. The smallest absolute Gasteiger partial charge is 0.180 e. The molecule has 0 aliphatic carbocycles. The van der Waals surface area contributed by atoms with E-state index in [-0.39, 0.29) is 5.56 Å². The molecular weight excluding hydrogens is 271 g/mol. The summed E-state index contributed by atoms with van der Waals surface area (Å²) in [5, 5.41) is 15.1. The van der Waals surface area contributed by atoms with E-state index in [1.165, 1.54) is 18.2 Å². The summed E-state index contributed by atoms with van der Waals surface area (Å²) in [6.45, 7) is 0. The highest BCUT2D eigenvalue weighted by molar-refractivity contribution is 5.74. The number of nitriles is 1. The van der Waals surface area contributed by atoms with Crippen molar-refractivity contribution in [3.63, 3.8) is 0 Å². The highest BCUT2D eigenvalue weighted by atomic mass is 19.1. The normalized spacial score (nSPS) is 10.3. The van der Waals surface area contributed by atoms with E-state index in [9.17, 15) is 4.39 Å². The van der Waals surface area contributed by atoms with Crippen molar-refractivity contribution in [3.05, 3.63) is 48.2 Å². The minimum Gasteiger partial charge on any atom is -0.372 e. The molecule has 21 heavy (non-hydrogen) atoms. The van der Waals surface area contributed by atoms with Crippen molar-refractivity contribution < 1.29 is 4.39 Å². The van der Waals surface area contributed by atoms with Crippen LogP contribution < -0.4 is 10.6 Å². The molecule has 1 aromatic carbocycles. The molecule has 0 aliphatic rings. The maximum Gasteiger partial charge on any atom is 0.180 e. The molecule has 0 fully saturated rings. The van der Waals surface area contributed by atoms with E-state index in [0.717, 1.165) is 0 Å². The molecule has 104 valence electrons. The van der Waals surface area contributed by atoms with Gasteiger partial charge < -0.3 is 15.0 Å². The molecule has 3 rings (SSSR count). The number of anilines is 3. The van der Waals surface area contributed by atoms with Crippen LogP contribution in [0.25, 0.3) is 5.65 Å². The highest BCUT2D eigenvalue weighted by Gasteiger charge is 2.10. The van der Waals surface area contributed by atoms with E-state index in [1.54, 1.807) is 30.0 Å². The fraction of sp³-hybridized carbons (Fsp3) is 0.0714. The van der Waals surface area contributed by atoms with Gasteiger partial charge in [0.15, 0.2) is 11.5 Å². The zero-order chi connectivity index (χ0) is 14.8. The summed E-state index contributed by atoms with van der Waals surface area (Å²) < 4.78 is 15.0. The van der Waals surface area contributed by atoms with E-state index >= 15 is 0 Å². The first-order valence-corrected chi connectivity index (χ1v) is 6.19. The monoisotopic (exact) mass is 282 g/mol. The Hall–Kier alpha value is -3.14. The van der Waals surface area contributed by atoms with E-state index in [2.05, 4.69) is 20.6 Å². The average molecular weight is 282 g/mol. The third-order valence-electron chi connectivity index (χ3n) is 2.99. The van der Waals surface area contributed by atoms with E-state index in [4.69, 9.17) is 5.26 Å². The van der Waals surface area contributed by atoms with Gasteiger partial charge in [-0.05, 0) is 18.2 Å². The molecule has 0 radical (unpaired) electrons. The van der Waals surface area contributed by atoms with Crippen LogP contribution in [-0.2, 0) is 0 Å². The van der Waals surface area contributed by atoms with Crippen molar-refractivity contribution in [1.29, 1.82) is 5.26 Å². The Morgan fingerprint density at radius 2 is 2.24 bits per heavy atom. The summed E-state index contributed by atoms with van der Waals surface area (Å²) >= 11 is 0. The van der Waals surface area contributed by atoms with Crippen LogP contribution in [0.3, 0.4) is 0 Å². The second kappa shape index (κ2) is 5.09. The summed E-state index contributed by atoms with van der Waals surface area (Å²) in [6, 6.07) is 5.91. The van der Waals surface area contributed by atoms with Crippen LogP contribution in [0.15, 0.2) is 36.8 Å². The van der Waals surface area contributed by atoms with Crippen molar-refractivity contribution in [2.75, 3.05) is 17.7 Å². The first-order valence-electron chi connectivity index (χ1n) is 6.19. The first kappa shape index (κ1) is 12.9. The Bertz CT molecular complexity index is 848. The lowest BCUT2D eigenvalue weighted by Gasteiger charge is -2.10. The standard InChI is InChI=1S/C14H11FN6/c1-17-12-8-21-5-4-18-14(21)13(20-12)19-11-3-2-10(15)6-9(11)7-16/h2-6,8,17H,1H3,(H,19,20). The Morgan fingerprint density at radius 3 is 3.00 bits per heavy atom. The van der Waals surface area contributed by atoms with Crippen molar-refractivity contribution >= 4 is 23.0 Å². The molecule has 2 heterocycles. The van der Waals surface area contributed by atoms with Crippen LogP contribution in [0, 0.1) is 17.1 Å². The van der Waals surface area contributed by atoms with Gasteiger partial charge in [-0.2, -0.15) is 5.26 Å². The topological polar surface area (TPSA) is 78.0 Å². The summed E-state index contributed by atoms with van der Waals surface area (Å²) in [4.78, 5) is 8.59. The molecule has 3 aromatic rings. The van der Waals surface area contributed by atoms with Crippen LogP contribution in [0.5, 0.6) is 0 Å². The van der Waals surface area contributed by atoms with Crippen molar-refractivity contribution in [2.45, 2.75) is 0 Å². The molecule has 0 saturated heterocycles. The van der Waals surface area contributed by atoms with Gasteiger partial charge in [0, 0.05) is 19.4 Å². The third-order valence-corrected chi connectivity index (χ3v) is 2.99. The molecule has 2 aromatic heterocycles. The molecule has 0 saturated carbocycles. The minimum absolute atomic E-state index is 0.205. The Morgan fingerprint density at radius 1 is 1.38 bits per heavy atom. The van der Waals surface area contributed by atoms with Gasteiger partial charge in [0.1, 0.15) is 17.7 Å². The number of nitrogens with one attached hydrogen (secondary N) is 2. The maximum atomic E-state index is 13.2. The summed E-state index contributed by atoms with van der Waals surface area (Å²) in [6.07, 6.45) is 5.24. The van der Waals surface area contributed by atoms with Gasteiger partial charge in [-0.25, -0.2) is 14.4 Å². The van der Waals surface area contributed by atoms with E-state index < -0.39 is 5.82 Å². The average Bonchev–Trinajstić information content (AvgIpc) is 2.97. The predicted molar refractivity (Wildman–Crippen MR) is 76.9 cm³/mol. The number of rotatable bonds is 3. The lowest BCUT2D eigenvalue weighted by atomic mass is 10.2. The quantitative estimate of drug-likeness (QED) is 0.771. The van der Waals surface area contributed by atoms with Crippen LogP contribution in [0.1, 0.15) is 5.56 Å². The van der Waals surface area contributed by atoms with Gasteiger partial charge in [0.05, 0.1) is 17.4 Å². The highest BCUT2D eigenvalue weighted by Crippen LogP contribution is 2.24. The van der Waals surface area contributed by atoms with Gasteiger partial charge in [0.2, 0.25) is 0 Å². The molecule has 6 nitrogen and oxygen atoms in total. The van der Waals surface area contributed by atoms with Gasteiger partial charge in [-0.15, -0.1) is 0 Å². The lowest BCUT2D eigenvalue weighted by Crippen LogP contribution is -2.03. The zero-order valence-corrected chi connectivity index (χ0v) is 11.1. The number of fused-ring (bicyclic) bond motifs is 1. The minimum atomic E-state index is -0.458. The third kappa shape index (κ3) is 2.34. The van der Waals surface area contributed by atoms with Crippen LogP contribution >= 0.6 is 0 Å². The number of hydrogen-bond donors (Lipinski definition) is 2. The number of imidazole rings is 1. The number of nitrogens with zero attached hydrogens (tertiary/aromatic N) is 4. The number of halogens is 1. The lowest BCUT2D eigenvalue weighted by molar-refractivity contribution is 0.627. The van der Waals surface area contributed by atoms with Crippen molar-refractivity contribution in [1.82, 2.24) is 14.4 Å². The Balaban J connectivity index is 2.10. The van der Waals surface area contributed by atoms with Crippen LogP contribution in [0.2, 0.25) is 0 Å². The summed E-state index contributed by atoms with van der Waals surface area (Å²) in [7, 11) is 1.76. The molecule has 2 N–H and O–H groups in total. The molecule has 0 bridgehead atoms. The SMILES string of the molecule is CNc1cn2ccnc2c(Nc2ccc(F)cc2C#N)n1. The van der Waals surface area contributed by atoms with Gasteiger partial charge in [-0.1, -0.05) is 0 Å². The van der Waals surface area contributed by atoms with Gasteiger partial charge >= 0.3 is 0 Å². The first-order chi connectivity index (χ1) is 10.2. The van der Waals surface area contributed by atoms with Crippen molar-refractivity contribution in [2.24, 2.45) is 0 Å². The number of hydrogen-bond acceptors (Lipinski definition) is 5. The summed E-state index contributed by atoms with van der Waals surface area (Å²) in [5.41, 5.74) is 1.29. The Labute approximate surface area is 119 Å². The van der Waals surface area contributed by atoms with Crippen molar-refractivity contribution in [3.8, 4) is 6.07 Å². The molecule has 0 amide bonds. The maximum absolute atomic E-state index is 13.2. The number of benzene rings is 1. The molecular formula is C14H11FN6. The largest absolute Gasteiger partial charge is 0.372 e. The van der Waals surface area contributed by atoms with Gasteiger partial charge in [0.25, 0.3) is 0 Å². The fourth-order valence-electron chi connectivity index (χ4n) is 1.98. The van der Waals surface area contributed by atoms with Gasteiger partial charge in [-0.3, -0.25) is 0 Å². The predicted octanol–water partition coefficient (Wildman–Crippen LogP) is 2.53. The number of aromatic nitrogens is 3. The molecule has 0 atom stereocenters. The van der Waals surface area contributed by atoms with E-state index in [0.29, 0.717) is 23.0 Å². The second-order valence-corrected chi connectivity index (χ2v) is 4.31.